The van der Waals surface area contributed by atoms with E-state index >= 15 is 0 Å². The van der Waals surface area contributed by atoms with Gasteiger partial charge in [-0.05, 0) is 0 Å². The number of hydrogen-bond donors (Lipinski definition) is 11. The molecule has 35 heavy (non-hydrogen) atoms. The number of aliphatic hydroxyl groups excluding tert-OH is 10. The molecule has 0 aromatic carbocycles. The third kappa shape index (κ3) is 5.59. The number of rotatable bonds is 7. The van der Waals surface area contributed by atoms with Gasteiger partial charge in [0.2, 0.25) is 0 Å². The van der Waals surface area contributed by atoms with Gasteiger partial charge in [-0.25, -0.2) is 4.79 Å². The first kappa shape index (κ1) is 28.4. The van der Waals surface area contributed by atoms with E-state index in [1.165, 1.54) is 0 Å². The number of carbonyl (C=O) groups is 1. The predicted octanol–water partition coefficient (Wildman–Crippen LogP) is -7.48. The number of hydrogen-bond acceptors (Lipinski definition) is 16. The first-order valence-corrected chi connectivity index (χ1v) is 10.6. The van der Waals surface area contributed by atoms with E-state index < -0.39 is 111 Å². The molecule has 11 N–H and O–H groups in total. The van der Waals surface area contributed by atoms with Crippen LogP contribution in [0.25, 0.3) is 0 Å². The molecule has 3 aliphatic heterocycles. The van der Waals surface area contributed by atoms with Crippen LogP contribution in [-0.4, -0.2) is 167 Å². The molecule has 3 saturated heterocycles. The Bertz CT molecular complexity index is 709. The van der Waals surface area contributed by atoms with E-state index in [0.717, 1.165) is 0 Å². The molecule has 3 fully saturated rings. The van der Waals surface area contributed by atoms with Crippen molar-refractivity contribution >= 4 is 5.97 Å². The Labute approximate surface area is 196 Å². The first-order valence-electron chi connectivity index (χ1n) is 10.6. The fourth-order valence-electron chi connectivity index (χ4n) is 4.01. The largest absolute Gasteiger partial charge is 0.479 e. The zero-order valence-electron chi connectivity index (χ0n) is 17.9. The van der Waals surface area contributed by atoms with E-state index in [9.17, 15) is 61.0 Å². The highest BCUT2D eigenvalue weighted by atomic mass is 16.8. The maximum atomic E-state index is 11.3. The molecule has 0 aliphatic carbocycles. The Hall–Kier alpha value is -1.13. The van der Waals surface area contributed by atoms with Gasteiger partial charge in [-0.3, -0.25) is 0 Å². The number of aliphatic carboxylic acids is 1. The topological polar surface area (TPSA) is 286 Å². The molecule has 0 aromatic heterocycles. The molecule has 204 valence electrons. The Morgan fingerprint density at radius 3 is 1.63 bits per heavy atom. The van der Waals surface area contributed by atoms with Gasteiger partial charge in [0.05, 0.1) is 13.2 Å². The second-order valence-electron chi connectivity index (χ2n) is 8.37. The summed E-state index contributed by atoms with van der Waals surface area (Å²) in [5.41, 5.74) is 0. The van der Waals surface area contributed by atoms with E-state index in [4.69, 9.17) is 23.7 Å². The molecular weight excluding hydrogens is 488 g/mol. The summed E-state index contributed by atoms with van der Waals surface area (Å²) in [5, 5.41) is 109. The number of carboxylic acid groups (broad SMARTS) is 1. The van der Waals surface area contributed by atoms with Gasteiger partial charge in [-0.2, -0.15) is 0 Å². The Morgan fingerprint density at radius 1 is 0.600 bits per heavy atom. The fraction of sp³-hybridized carbons (Fsp3) is 0.944. The molecule has 0 bridgehead atoms. The minimum absolute atomic E-state index is 0.804. The predicted molar refractivity (Wildman–Crippen MR) is 102 cm³/mol. The van der Waals surface area contributed by atoms with Crippen LogP contribution in [0.15, 0.2) is 0 Å². The molecular formula is C18H30O17. The monoisotopic (exact) mass is 518 g/mol. The van der Waals surface area contributed by atoms with Crippen LogP contribution < -0.4 is 0 Å². The van der Waals surface area contributed by atoms with Gasteiger partial charge in [0, 0.05) is 0 Å². The highest BCUT2D eigenvalue weighted by molar-refractivity contribution is 5.73. The van der Waals surface area contributed by atoms with Crippen molar-refractivity contribution in [3.8, 4) is 0 Å². The summed E-state index contributed by atoms with van der Waals surface area (Å²) in [6, 6.07) is 0. The van der Waals surface area contributed by atoms with Crippen LogP contribution in [0.3, 0.4) is 0 Å². The Morgan fingerprint density at radius 2 is 1.09 bits per heavy atom. The van der Waals surface area contributed by atoms with Crippen LogP contribution in [0.1, 0.15) is 0 Å². The second-order valence-corrected chi connectivity index (χ2v) is 8.37. The van der Waals surface area contributed by atoms with Crippen LogP contribution in [0, 0.1) is 0 Å². The SMILES string of the molecule is O=C(O)[C@H]1O[C@@H](O[C@@H]2C(O)O[C@H](CO)[C@@H](O)[C@@H]2O[C@H]2O[C@H](CO)[C@H](O)[C@H](O)[C@H]2O)[C@H](O)[C@@H](O)[C@@H]1O. The smallest absolute Gasteiger partial charge is 0.335 e. The van der Waals surface area contributed by atoms with Crippen molar-refractivity contribution < 1.29 is 84.7 Å². The van der Waals surface area contributed by atoms with Crippen molar-refractivity contribution in [3.63, 3.8) is 0 Å². The summed E-state index contributed by atoms with van der Waals surface area (Å²) in [7, 11) is 0. The Kier molecular flexibility index (Phi) is 9.35. The van der Waals surface area contributed by atoms with Crippen molar-refractivity contribution in [2.24, 2.45) is 0 Å². The number of ether oxygens (including phenoxy) is 5. The molecule has 15 atom stereocenters. The molecule has 0 amide bonds. The highest BCUT2D eigenvalue weighted by Crippen LogP contribution is 2.32. The second kappa shape index (κ2) is 11.5. The summed E-state index contributed by atoms with van der Waals surface area (Å²) in [5.74, 6) is -1.72. The van der Waals surface area contributed by atoms with Gasteiger partial charge in [0.15, 0.2) is 25.0 Å². The molecule has 1 unspecified atom stereocenters. The van der Waals surface area contributed by atoms with E-state index in [2.05, 4.69) is 0 Å². The van der Waals surface area contributed by atoms with Crippen molar-refractivity contribution in [1.29, 1.82) is 0 Å². The maximum Gasteiger partial charge on any atom is 0.335 e. The molecule has 17 nitrogen and oxygen atoms in total. The van der Waals surface area contributed by atoms with Crippen molar-refractivity contribution in [3.05, 3.63) is 0 Å². The summed E-state index contributed by atoms with van der Waals surface area (Å²) in [4.78, 5) is 11.3. The molecule has 0 spiro atoms. The standard InChI is InChI=1S/C18H30O17/c19-1-3-5(21)7(23)10(26)17(32-3)33-12-6(22)4(2-20)31-16(30)14(12)35-18-11(27)8(24)9(25)13(34-18)15(28)29/h3-14,16-27,30H,1-2H2,(H,28,29)/t3-,4-,5+,6-,7+,8+,9+,10-,11-,12+,13+,14+,16?,17-,18+/m1/s1. The molecule has 0 saturated carbocycles. The van der Waals surface area contributed by atoms with Crippen molar-refractivity contribution in [2.45, 2.75) is 92.1 Å². The lowest BCUT2D eigenvalue weighted by molar-refractivity contribution is -0.385. The number of carboxylic acids is 1. The van der Waals surface area contributed by atoms with Gasteiger partial charge in [0.1, 0.15) is 67.1 Å². The van der Waals surface area contributed by atoms with Crippen molar-refractivity contribution in [2.75, 3.05) is 13.2 Å². The zero-order chi connectivity index (χ0) is 26.2. The minimum atomic E-state index is -2.06. The van der Waals surface area contributed by atoms with Gasteiger partial charge >= 0.3 is 5.97 Å². The van der Waals surface area contributed by atoms with E-state index in [-0.39, 0.29) is 0 Å². The third-order valence-electron chi connectivity index (χ3n) is 6.06. The van der Waals surface area contributed by atoms with E-state index in [1.54, 1.807) is 0 Å². The Balaban J connectivity index is 1.85. The molecule has 3 aliphatic rings. The molecule has 0 aromatic rings. The lowest BCUT2D eigenvalue weighted by Crippen LogP contribution is -2.67. The highest BCUT2D eigenvalue weighted by Gasteiger charge is 2.54. The fourth-order valence-corrected chi connectivity index (χ4v) is 4.01. The third-order valence-corrected chi connectivity index (χ3v) is 6.06. The lowest BCUT2D eigenvalue weighted by atomic mass is 9.96. The first-order chi connectivity index (χ1) is 16.4. The zero-order valence-corrected chi connectivity index (χ0v) is 17.9. The van der Waals surface area contributed by atoms with Crippen molar-refractivity contribution in [1.82, 2.24) is 0 Å². The number of aliphatic hydroxyl groups is 10. The maximum absolute atomic E-state index is 11.3. The van der Waals surface area contributed by atoms with Crippen LogP contribution in [-0.2, 0) is 28.5 Å². The molecule has 3 heterocycles. The van der Waals surface area contributed by atoms with Gasteiger partial charge in [-0.15, -0.1) is 0 Å². The lowest BCUT2D eigenvalue weighted by Gasteiger charge is -2.48. The van der Waals surface area contributed by atoms with E-state index in [0.29, 0.717) is 0 Å². The van der Waals surface area contributed by atoms with Gasteiger partial charge < -0.3 is 79.9 Å². The summed E-state index contributed by atoms with van der Waals surface area (Å²) in [6.07, 6.45) is -28.0. The summed E-state index contributed by atoms with van der Waals surface area (Å²) >= 11 is 0. The minimum Gasteiger partial charge on any atom is -0.479 e. The molecule has 3 rings (SSSR count). The van der Waals surface area contributed by atoms with Crippen LogP contribution in [0.5, 0.6) is 0 Å². The average Bonchev–Trinajstić information content (AvgIpc) is 2.82. The quantitative estimate of drug-likeness (QED) is 0.149. The normalized spacial score (nSPS) is 51.2. The van der Waals surface area contributed by atoms with E-state index in [1.807, 2.05) is 0 Å². The average molecular weight is 518 g/mol. The molecule has 0 radical (unpaired) electrons. The molecule has 17 heteroatoms. The summed E-state index contributed by atoms with van der Waals surface area (Å²) in [6.45, 7) is -1.64. The van der Waals surface area contributed by atoms with Gasteiger partial charge in [-0.1, -0.05) is 0 Å². The van der Waals surface area contributed by atoms with Crippen LogP contribution in [0.2, 0.25) is 0 Å². The van der Waals surface area contributed by atoms with Crippen LogP contribution in [0.4, 0.5) is 0 Å². The van der Waals surface area contributed by atoms with Gasteiger partial charge in [0.25, 0.3) is 0 Å². The van der Waals surface area contributed by atoms with Crippen LogP contribution >= 0.6 is 0 Å². The summed E-state index contributed by atoms with van der Waals surface area (Å²) < 4.78 is 26.1.